The zero-order valence-electron chi connectivity index (χ0n) is 22.3. The lowest BCUT2D eigenvalue weighted by Gasteiger charge is -2.25. The first-order chi connectivity index (χ1) is 18.5. The van der Waals surface area contributed by atoms with Crippen molar-refractivity contribution in [2.45, 2.75) is 46.8 Å². The van der Waals surface area contributed by atoms with Crippen molar-refractivity contribution < 1.29 is 14.5 Å². The molecule has 1 aliphatic heterocycles. The van der Waals surface area contributed by atoms with Gasteiger partial charge in [0, 0.05) is 24.2 Å². The van der Waals surface area contributed by atoms with Crippen LogP contribution in [0.1, 0.15) is 51.8 Å². The summed E-state index contributed by atoms with van der Waals surface area (Å²) in [6.45, 7) is 10.3. The highest BCUT2D eigenvalue weighted by Gasteiger charge is 2.33. The first kappa shape index (κ1) is 28.3. The minimum Gasteiger partial charge on any atom is -0.459 e. The number of nitrogens with zero attached hydrogens (tertiary/aromatic N) is 4. The number of fused-ring (bicyclic) bond motifs is 1. The number of nitro groups is 1. The second-order valence-electron chi connectivity index (χ2n) is 9.26. The molecule has 0 N–H and O–H groups in total. The van der Waals surface area contributed by atoms with Crippen molar-refractivity contribution in [2.24, 2.45) is 4.99 Å². The van der Waals surface area contributed by atoms with E-state index in [1.54, 1.807) is 63.2 Å². The fraction of sp³-hybridized carbons (Fsp3) is 0.321. The third-order valence-electron chi connectivity index (χ3n) is 6.37. The molecule has 2 aromatic carbocycles. The maximum atomic E-state index is 13.8. The van der Waals surface area contributed by atoms with Gasteiger partial charge in [-0.2, -0.15) is 0 Å². The summed E-state index contributed by atoms with van der Waals surface area (Å²) in [4.78, 5) is 45.3. The Morgan fingerprint density at radius 1 is 1.23 bits per heavy atom. The molecule has 204 valence electrons. The summed E-state index contributed by atoms with van der Waals surface area (Å²) < 4.78 is 7.32. The maximum absolute atomic E-state index is 13.8. The van der Waals surface area contributed by atoms with Crippen LogP contribution < -0.4 is 19.8 Å². The molecule has 0 fully saturated rings. The normalized spacial score (nSPS) is 15.3. The van der Waals surface area contributed by atoms with Gasteiger partial charge in [0.1, 0.15) is 5.69 Å². The fourth-order valence-corrected chi connectivity index (χ4v) is 5.75. The Kier molecular flexibility index (Phi) is 8.36. The van der Waals surface area contributed by atoms with E-state index in [0.717, 1.165) is 11.3 Å². The summed E-state index contributed by atoms with van der Waals surface area (Å²) in [5.74, 6) is -0.553. The molecule has 1 aromatic heterocycles. The molecule has 2 heterocycles. The Labute approximate surface area is 234 Å². The molecule has 0 spiro atoms. The Morgan fingerprint density at radius 2 is 1.90 bits per heavy atom. The van der Waals surface area contributed by atoms with Gasteiger partial charge in [-0.25, -0.2) is 9.79 Å². The predicted octanol–water partition coefficient (Wildman–Crippen LogP) is 4.59. The summed E-state index contributed by atoms with van der Waals surface area (Å²) in [5.41, 5.74) is 2.04. The van der Waals surface area contributed by atoms with Crippen LogP contribution in [0, 0.1) is 10.1 Å². The van der Waals surface area contributed by atoms with Gasteiger partial charge in [0.15, 0.2) is 4.80 Å². The Morgan fingerprint density at radius 3 is 2.49 bits per heavy atom. The van der Waals surface area contributed by atoms with E-state index >= 15 is 0 Å². The van der Waals surface area contributed by atoms with E-state index < -0.39 is 16.9 Å². The molecule has 0 saturated heterocycles. The van der Waals surface area contributed by atoms with Crippen LogP contribution in [0.3, 0.4) is 0 Å². The smallest absolute Gasteiger partial charge is 0.338 e. The van der Waals surface area contributed by atoms with Gasteiger partial charge in [0.25, 0.3) is 11.2 Å². The number of carbonyl (C=O) groups excluding carboxylic acids is 1. The molecule has 39 heavy (non-hydrogen) atoms. The number of rotatable bonds is 8. The van der Waals surface area contributed by atoms with E-state index in [1.165, 1.54) is 10.6 Å². The molecule has 0 radical (unpaired) electrons. The van der Waals surface area contributed by atoms with Crippen LogP contribution in [0.5, 0.6) is 0 Å². The minimum absolute atomic E-state index is 0.0335. The van der Waals surface area contributed by atoms with Gasteiger partial charge in [-0.1, -0.05) is 41.1 Å². The fourth-order valence-electron chi connectivity index (χ4n) is 4.58. The summed E-state index contributed by atoms with van der Waals surface area (Å²) in [7, 11) is 0. The molecule has 9 nitrogen and oxygen atoms in total. The molecule has 0 aliphatic carbocycles. The standard InChI is InChI=1S/C28H29ClN4O5S/c1-6-31(7-2)21-13-8-18(14-22(21)33(36)37)15-23-26(34)32-25(19-9-11-20(29)12-10-19)24(27(35)38-16(3)4)17(5)30-28(32)39-23/h8-16,25H,6-7H2,1-5H3. The van der Waals surface area contributed by atoms with Crippen molar-refractivity contribution in [1.29, 1.82) is 0 Å². The molecule has 1 aliphatic rings. The number of nitro benzene ring substituents is 1. The molecule has 0 bridgehead atoms. The molecular formula is C28H29ClN4O5S. The zero-order valence-corrected chi connectivity index (χ0v) is 23.9. The summed E-state index contributed by atoms with van der Waals surface area (Å²) in [6, 6.07) is 11.1. The van der Waals surface area contributed by atoms with Crippen LogP contribution in [-0.2, 0) is 9.53 Å². The van der Waals surface area contributed by atoms with Crippen molar-refractivity contribution in [3.05, 3.63) is 99.7 Å². The third kappa shape index (κ3) is 5.67. The molecule has 1 atom stereocenters. The lowest BCUT2D eigenvalue weighted by Crippen LogP contribution is -2.40. The number of allylic oxidation sites excluding steroid dienone is 1. The highest BCUT2D eigenvalue weighted by Crippen LogP contribution is 2.32. The summed E-state index contributed by atoms with van der Waals surface area (Å²) >= 11 is 7.27. The zero-order chi connectivity index (χ0) is 28.4. The third-order valence-corrected chi connectivity index (χ3v) is 7.60. The van der Waals surface area contributed by atoms with E-state index in [4.69, 9.17) is 16.3 Å². The number of carbonyl (C=O) groups is 1. The SMILES string of the molecule is CCN(CC)c1ccc(C=c2sc3n(c2=O)C(c2ccc(Cl)cc2)C(C(=O)OC(C)C)=C(C)N=3)cc1[N+](=O)[O-]. The maximum Gasteiger partial charge on any atom is 0.338 e. The first-order valence-corrected chi connectivity index (χ1v) is 13.8. The second-order valence-corrected chi connectivity index (χ2v) is 10.7. The van der Waals surface area contributed by atoms with Crippen LogP contribution in [0.4, 0.5) is 11.4 Å². The lowest BCUT2D eigenvalue weighted by atomic mass is 9.96. The molecule has 11 heteroatoms. The van der Waals surface area contributed by atoms with E-state index in [-0.39, 0.29) is 22.9 Å². The van der Waals surface area contributed by atoms with Crippen LogP contribution in [0.25, 0.3) is 6.08 Å². The molecule has 0 amide bonds. The van der Waals surface area contributed by atoms with Crippen molar-refractivity contribution >= 4 is 46.4 Å². The lowest BCUT2D eigenvalue weighted by molar-refractivity contribution is -0.384. The van der Waals surface area contributed by atoms with E-state index in [0.29, 0.717) is 50.0 Å². The number of esters is 1. The van der Waals surface area contributed by atoms with E-state index in [1.807, 2.05) is 18.7 Å². The van der Waals surface area contributed by atoms with Gasteiger partial charge in [0.2, 0.25) is 0 Å². The summed E-state index contributed by atoms with van der Waals surface area (Å²) in [5, 5.41) is 12.4. The van der Waals surface area contributed by atoms with E-state index in [9.17, 15) is 19.7 Å². The Balaban J connectivity index is 1.90. The average molecular weight is 569 g/mol. The Bertz CT molecular complexity index is 1640. The number of hydrogen-bond donors (Lipinski definition) is 0. The average Bonchev–Trinajstić information content (AvgIpc) is 3.18. The van der Waals surface area contributed by atoms with Crippen LogP contribution in [0.15, 0.2) is 63.5 Å². The van der Waals surface area contributed by atoms with Crippen LogP contribution >= 0.6 is 22.9 Å². The van der Waals surface area contributed by atoms with Crippen molar-refractivity contribution in [2.75, 3.05) is 18.0 Å². The summed E-state index contributed by atoms with van der Waals surface area (Å²) in [6.07, 6.45) is 1.26. The monoisotopic (exact) mass is 568 g/mol. The van der Waals surface area contributed by atoms with Gasteiger partial charge < -0.3 is 9.64 Å². The largest absolute Gasteiger partial charge is 0.459 e. The number of ether oxygens (including phenoxy) is 1. The minimum atomic E-state index is -0.772. The van der Waals surface area contributed by atoms with Gasteiger partial charge in [0.05, 0.1) is 32.9 Å². The van der Waals surface area contributed by atoms with Gasteiger partial charge in [-0.3, -0.25) is 19.5 Å². The topological polar surface area (TPSA) is 107 Å². The van der Waals surface area contributed by atoms with Gasteiger partial charge in [-0.05, 0) is 70.0 Å². The molecular weight excluding hydrogens is 540 g/mol. The highest BCUT2D eigenvalue weighted by molar-refractivity contribution is 7.07. The van der Waals surface area contributed by atoms with Crippen molar-refractivity contribution in [3.8, 4) is 0 Å². The van der Waals surface area contributed by atoms with Gasteiger partial charge in [-0.15, -0.1) is 0 Å². The number of hydrogen-bond acceptors (Lipinski definition) is 8. The van der Waals surface area contributed by atoms with Crippen molar-refractivity contribution in [3.63, 3.8) is 0 Å². The number of aromatic nitrogens is 1. The van der Waals surface area contributed by atoms with Crippen LogP contribution in [0.2, 0.25) is 5.02 Å². The number of thiazole rings is 1. The highest BCUT2D eigenvalue weighted by atomic mass is 35.5. The molecule has 4 rings (SSSR count). The van der Waals surface area contributed by atoms with E-state index in [2.05, 4.69) is 4.99 Å². The van der Waals surface area contributed by atoms with Gasteiger partial charge >= 0.3 is 5.97 Å². The molecule has 3 aromatic rings. The second kappa shape index (κ2) is 11.5. The molecule has 0 saturated carbocycles. The molecule has 1 unspecified atom stereocenters. The quantitative estimate of drug-likeness (QED) is 0.223. The first-order valence-electron chi connectivity index (χ1n) is 12.6. The van der Waals surface area contributed by atoms with Crippen LogP contribution in [-0.4, -0.2) is 34.7 Å². The number of halogens is 1. The number of anilines is 1. The van der Waals surface area contributed by atoms with Crippen molar-refractivity contribution in [1.82, 2.24) is 4.57 Å². The predicted molar refractivity (Wildman–Crippen MR) is 153 cm³/mol. The Hall–Kier alpha value is -3.76. The number of benzene rings is 2.